The van der Waals surface area contributed by atoms with Crippen LogP contribution >= 0.6 is 45.3 Å². The first-order valence-electron chi connectivity index (χ1n) is 14.6. The second kappa shape index (κ2) is 15.6. The minimum absolute atomic E-state index is 0. The van der Waals surface area contributed by atoms with E-state index in [-0.39, 0.29) is 7.43 Å². The Morgan fingerprint density at radius 3 is 1.64 bits per heavy atom. The first-order valence-corrected chi connectivity index (χ1v) is 18.1. The van der Waals surface area contributed by atoms with Crippen LogP contribution in [0.4, 0.5) is 0 Å². The Morgan fingerprint density at radius 1 is 0.667 bits per heavy atom. The summed E-state index contributed by atoms with van der Waals surface area (Å²) in [5.41, 5.74) is 4.61. The largest absolute Gasteiger partial charge is 0.411 e. The zero-order valence-electron chi connectivity index (χ0n) is 23.7. The number of nitrogens with zero attached hydrogens (tertiary/aromatic N) is 2. The van der Waals surface area contributed by atoms with Crippen molar-refractivity contribution in [3.8, 4) is 6.07 Å². The lowest BCUT2D eigenvalue weighted by atomic mass is 9.95. The third-order valence-corrected chi connectivity index (χ3v) is 11.8. The van der Waals surface area contributed by atoms with Gasteiger partial charge in [0.05, 0.1) is 30.6 Å². The van der Waals surface area contributed by atoms with Crippen molar-refractivity contribution in [2.75, 3.05) is 0 Å². The Balaban J connectivity index is 0.000000189. The smallest absolute Gasteiger partial charge is 0.100 e. The average molecular weight is 633 g/mol. The number of hydrogen-bond acceptors (Lipinski definition) is 7. The van der Waals surface area contributed by atoms with Crippen LogP contribution in [-0.2, 0) is 12.8 Å². The van der Waals surface area contributed by atoms with Crippen molar-refractivity contribution in [1.29, 1.82) is 5.26 Å². The average Bonchev–Trinajstić information content (AvgIpc) is 3.80. The molecule has 0 fully saturated rings. The number of hydrogen-bond donors (Lipinski definition) is 1. The van der Waals surface area contributed by atoms with Crippen molar-refractivity contribution in [2.24, 2.45) is 5.16 Å². The second-order valence-electron chi connectivity index (χ2n) is 10.4. The van der Waals surface area contributed by atoms with Gasteiger partial charge in [-0.25, -0.2) is 0 Å². The van der Waals surface area contributed by atoms with Gasteiger partial charge in [-0.2, -0.15) is 5.26 Å². The molecule has 3 nitrogen and oxygen atoms in total. The van der Waals surface area contributed by atoms with Crippen LogP contribution in [0.25, 0.3) is 40.3 Å². The molecule has 220 valence electrons. The molecule has 42 heavy (non-hydrogen) atoms. The van der Waals surface area contributed by atoms with E-state index in [4.69, 9.17) is 5.21 Å². The number of thiophene rings is 4. The maximum atomic E-state index is 9.59. The standard InChI is InChI=1S/C17H19NOS2.C17H17NS2.CH4/c1-2-3-4-5-6-12-13-7-9-20-16(13)17-14(8-10-21-17)15(12)11-18-19;1-2-3-4-5-6-12-13-7-9-19-16(13)17-14(8-10-20-17)15(12)11-18;/h7-11,19H,2-6H2,1H3;7-10H,2-6H2,1H3;1H4/b18-11+;;. The molecule has 0 amide bonds. The van der Waals surface area contributed by atoms with Crippen LogP contribution in [0, 0.1) is 11.3 Å². The Kier molecular flexibility index (Phi) is 12.0. The number of fused-ring (bicyclic) bond motifs is 6. The van der Waals surface area contributed by atoms with Gasteiger partial charge in [0.2, 0.25) is 0 Å². The zero-order valence-corrected chi connectivity index (χ0v) is 27.0. The van der Waals surface area contributed by atoms with Crippen molar-refractivity contribution in [2.45, 2.75) is 85.5 Å². The van der Waals surface area contributed by atoms with E-state index in [0.717, 1.165) is 29.4 Å². The quantitative estimate of drug-likeness (QED) is 0.0668. The highest BCUT2D eigenvalue weighted by molar-refractivity contribution is 7.26. The van der Waals surface area contributed by atoms with Crippen LogP contribution in [0.1, 0.15) is 94.9 Å². The fourth-order valence-electron chi connectivity index (χ4n) is 5.75. The van der Waals surface area contributed by atoms with E-state index in [2.05, 4.69) is 70.9 Å². The maximum Gasteiger partial charge on any atom is 0.100 e. The number of oxime groups is 1. The van der Waals surface area contributed by atoms with Crippen molar-refractivity contribution in [3.05, 3.63) is 68.0 Å². The molecule has 0 aliphatic rings. The summed E-state index contributed by atoms with van der Waals surface area (Å²) in [6.07, 6.45) is 13.7. The summed E-state index contributed by atoms with van der Waals surface area (Å²) in [6, 6.07) is 11.1. The molecule has 4 aromatic heterocycles. The highest BCUT2D eigenvalue weighted by Gasteiger charge is 2.16. The highest BCUT2D eigenvalue weighted by atomic mass is 32.1. The molecular formula is C35H40N2OS4. The first-order chi connectivity index (χ1) is 20.2. The van der Waals surface area contributed by atoms with Crippen LogP contribution in [0.2, 0.25) is 0 Å². The highest BCUT2D eigenvalue weighted by Crippen LogP contribution is 2.40. The van der Waals surface area contributed by atoms with Crippen molar-refractivity contribution in [1.82, 2.24) is 0 Å². The third kappa shape index (κ3) is 6.58. The van der Waals surface area contributed by atoms with Crippen LogP contribution in [-0.4, -0.2) is 11.4 Å². The van der Waals surface area contributed by atoms with Gasteiger partial charge in [0, 0.05) is 16.3 Å². The third-order valence-electron chi connectivity index (χ3n) is 7.77. The van der Waals surface area contributed by atoms with Gasteiger partial charge in [-0.15, -0.1) is 45.3 Å². The zero-order chi connectivity index (χ0) is 28.6. The lowest BCUT2D eigenvalue weighted by Crippen LogP contribution is -1.96. The minimum atomic E-state index is 0. The topological polar surface area (TPSA) is 56.4 Å². The molecule has 0 aliphatic carbocycles. The number of nitriles is 1. The molecular weight excluding hydrogens is 593 g/mol. The number of aryl methyl sites for hydroxylation is 2. The Hall–Kier alpha value is -2.76. The summed E-state index contributed by atoms with van der Waals surface area (Å²) in [5, 5.41) is 35.5. The van der Waals surface area contributed by atoms with E-state index >= 15 is 0 Å². The van der Waals surface area contributed by atoms with Crippen molar-refractivity contribution in [3.63, 3.8) is 0 Å². The molecule has 4 heterocycles. The molecule has 0 bridgehead atoms. The van der Waals surface area contributed by atoms with Crippen LogP contribution in [0.15, 0.2) is 50.9 Å². The molecule has 7 heteroatoms. The van der Waals surface area contributed by atoms with E-state index < -0.39 is 0 Å². The van der Waals surface area contributed by atoms with E-state index in [1.54, 1.807) is 40.2 Å². The number of unbranched alkanes of at least 4 members (excludes halogenated alkanes) is 6. The Morgan fingerprint density at radius 2 is 1.12 bits per heavy atom. The fourth-order valence-corrected chi connectivity index (χ4v) is 9.79. The summed E-state index contributed by atoms with van der Waals surface area (Å²) in [4.78, 5) is 0. The SMILES string of the molecule is C.CCCCCCc1c(/C=N/O)c2ccsc2c2sccc12.CCCCCCc1c(C#N)c2ccsc2c2sccc12. The summed E-state index contributed by atoms with van der Waals surface area (Å²) in [6.45, 7) is 4.47. The van der Waals surface area contributed by atoms with Gasteiger partial charge in [0.15, 0.2) is 0 Å². The van der Waals surface area contributed by atoms with E-state index in [1.807, 2.05) is 11.3 Å². The van der Waals surface area contributed by atoms with Gasteiger partial charge in [-0.3, -0.25) is 0 Å². The van der Waals surface area contributed by atoms with E-state index in [0.29, 0.717) is 0 Å². The van der Waals surface area contributed by atoms with Crippen LogP contribution in [0.3, 0.4) is 0 Å². The number of rotatable bonds is 11. The summed E-state index contributed by atoms with van der Waals surface area (Å²) in [7, 11) is 0. The van der Waals surface area contributed by atoms with Crippen molar-refractivity contribution < 1.29 is 5.21 Å². The molecule has 0 radical (unpaired) electrons. The molecule has 6 aromatic rings. The summed E-state index contributed by atoms with van der Waals surface area (Å²) < 4.78 is 5.33. The monoisotopic (exact) mass is 632 g/mol. The molecule has 0 atom stereocenters. The Labute approximate surface area is 265 Å². The molecule has 2 aromatic carbocycles. The minimum Gasteiger partial charge on any atom is -0.411 e. The summed E-state index contributed by atoms with van der Waals surface area (Å²) >= 11 is 7.13. The molecule has 1 N–H and O–H groups in total. The van der Waals surface area contributed by atoms with Gasteiger partial charge in [0.1, 0.15) is 6.07 Å². The predicted molar refractivity (Wildman–Crippen MR) is 191 cm³/mol. The lowest BCUT2D eigenvalue weighted by Gasteiger charge is -2.10. The van der Waals surface area contributed by atoms with Crippen LogP contribution in [0.5, 0.6) is 0 Å². The molecule has 0 unspecified atom stereocenters. The Bertz CT molecular complexity index is 1810. The summed E-state index contributed by atoms with van der Waals surface area (Å²) in [5.74, 6) is 0. The first kappa shape index (κ1) is 32.2. The van der Waals surface area contributed by atoms with E-state index in [9.17, 15) is 5.26 Å². The van der Waals surface area contributed by atoms with Crippen molar-refractivity contribution >= 4 is 91.9 Å². The number of benzene rings is 2. The molecule has 0 spiro atoms. The predicted octanol–water partition coefficient (Wildman–Crippen LogP) is 12.8. The van der Waals surface area contributed by atoms with Gasteiger partial charge < -0.3 is 5.21 Å². The van der Waals surface area contributed by atoms with Gasteiger partial charge in [-0.1, -0.05) is 65.0 Å². The van der Waals surface area contributed by atoms with Gasteiger partial charge in [0.25, 0.3) is 0 Å². The molecule has 0 saturated heterocycles. The fraction of sp³-hybridized carbons (Fsp3) is 0.371. The van der Waals surface area contributed by atoms with E-state index in [1.165, 1.54) is 97.5 Å². The second-order valence-corrected chi connectivity index (χ2v) is 14.0. The lowest BCUT2D eigenvalue weighted by molar-refractivity contribution is 0.322. The maximum absolute atomic E-state index is 9.59. The normalized spacial score (nSPS) is 11.4. The van der Waals surface area contributed by atoms with Crippen LogP contribution < -0.4 is 0 Å². The van der Waals surface area contributed by atoms with Gasteiger partial charge >= 0.3 is 0 Å². The molecule has 0 saturated carbocycles. The molecule has 6 rings (SSSR count). The van der Waals surface area contributed by atoms with Gasteiger partial charge in [-0.05, 0) is 93.4 Å². The molecule has 0 aliphatic heterocycles.